The number of nitrogen functional groups attached to an aromatic ring is 1. The minimum atomic E-state index is -0.382. The maximum absolute atomic E-state index is 11.5. The fraction of sp³-hybridized carbons (Fsp3) is 0.615. The Morgan fingerprint density at radius 1 is 1.53 bits per heavy atom. The molecule has 0 bridgehead atoms. The molecule has 0 aromatic carbocycles. The van der Waals surface area contributed by atoms with Crippen LogP contribution >= 0.6 is 0 Å². The van der Waals surface area contributed by atoms with Crippen molar-refractivity contribution in [3.8, 4) is 0 Å². The summed E-state index contributed by atoms with van der Waals surface area (Å²) in [5.41, 5.74) is 2.97. The number of furan rings is 1. The minimum Gasteiger partial charge on any atom is -0.459 e. The molecule has 0 radical (unpaired) electrons. The van der Waals surface area contributed by atoms with Gasteiger partial charge in [-0.3, -0.25) is 10.2 Å². The SMILES string of the molecule is CN(CCN1CCCC1)Cc1ccoc1C(=O)NN. The monoisotopic (exact) mass is 266 g/mol. The van der Waals surface area contributed by atoms with E-state index in [-0.39, 0.29) is 5.91 Å². The van der Waals surface area contributed by atoms with Gasteiger partial charge in [0, 0.05) is 25.2 Å². The molecule has 1 aromatic rings. The van der Waals surface area contributed by atoms with E-state index in [4.69, 9.17) is 10.3 Å². The lowest BCUT2D eigenvalue weighted by Crippen LogP contribution is -2.33. The zero-order chi connectivity index (χ0) is 13.7. The number of nitrogens with zero attached hydrogens (tertiary/aromatic N) is 2. The molecule has 2 heterocycles. The van der Waals surface area contributed by atoms with Gasteiger partial charge < -0.3 is 14.2 Å². The van der Waals surface area contributed by atoms with E-state index in [0.29, 0.717) is 12.3 Å². The third-order valence-corrected chi connectivity index (χ3v) is 3.52. The van der Waals surface area contributed by atoms with Crippen molar-refractivity contribution in [3.63, 3.8) is 0 Å². The van der Waals surface area contributed by atoms with Crippen LogP contribution in [0.2, 0.25) is 0 Å². The zero-order valence-electron chi connectivity index (χ0n) is 11.4. The molecule has 1 fully saturated rings. The highest BCUT2D eigenvalue weighted by atomic mass is 16.3. The number of carbonyl (C=O) groups excluding carboxylic acids is 1. The molecule has 1 amide bonds. The summed E-state index contributed by atoms with van der Waals surface area (Å²) in [5.74, 6) is 5.04. The van der Waals surface area contributed by atoms with Gasteiger partial charge in [-0.05, 0) is 39.0 Å². The molecule has 0 unspecified atom stereocenters. The van der Waals surface area contributed by atoms with E-state index in [1.807, 2.05) is 13.1 Å². The topological polar surface area (TPSA) is 74.7 Å². The Morgan fingerprint density at radius 2 is 2.26 bits per heavy atom. The first kappa shape index (κ1) is 14.0. The van der Waals surface area contributed by atoms with Gasteiger partial charge in [-0.2, -0.15) is 0 Å². The molecule has 0 spiro atoms. The van der Waals surface area contributed by atoms with E-state index < -0.39 is 0 Å². The Morgan fingerprint density at radius 3 is 2.95 bits per heavy atom. The molecule has 6 heteroatoms. The van der Waals surface area contributed by atoms with Crippen LogP contribution in [0.15, 0.2) is 16.7 Å². The fourth-order valence-electron chi connectivity index (χ4n) is 2.41. The summed E-state index contributed by atoms with van der Waals surface area (Å²) in [4.78, 5) is 16.1. The molecule has 0 atom stereocenters. The summed E-state index contributed by atoms with van der Waals surface area (Å²) < 4.78 is 5.17. The maximum atomic E-state index is 11.5. The number of hydrazine groups is 1. The van der Waals surface area contributed by atoms with Crippen molar-refractivity contribution in [2.45, 2.75) is 19.4 Å². The van der Waals surface area contributed by atoms with Crippen molar-refractivity contribution < 1.29 is 9.21 Å². The zero-order valence-corrected chi connectivity index (χ0v) is 11.4. The number of likely N-dealkylation sites (N-methyl/N-ethyl adjacent to an activating group) is 1. The predicted molar refractivity (Wildman–Crippen MR) is 72.4 cm³/mol. The molecular formula is C13H22N4O2. The summed E-state index contributed by atoms with van der Waals surface area (Å²) in [5, 5.41) is 0. The van der Waals surface area contributed by atoms with Crippen molar-refractivity contribution in [1.29, 1.82) is 0 Å². The van der Waals surface area contributed by atoms with E-state index in [9.17, 15) is 4.79 Å². The van der Waals surface area contributed by atoms with Crippen molar-refractivity contribution in [2.75, 3.05) is 33.2 Å². The number of nitrogens with two attached hydrogens (primary N) is 1. The fourth-order valence-corrected chi connectivity index (χ4v) is 2.41. The molecule has 0 aliphatic carbocycles. The van der Waals surface area contributed by atoms with Gasteiger partial charge in [0.05, 0.1) is 6.26 Å². The van der Waals surface area contributed by atoms with Crippen LogP contribution in [0, 0.1) is 0 Å². The lowest BCUT2D eigenvalue weighted by molar-refractivity contribution is 0.0923. The predicted octanol–water partition coefficient (Wildman–Crippen LogP) is 0.411. The first-order chi connectivity index (χ1) is 9.20. The van der Waals surface area contributed by atoms with Crippen molar-refractivity contribution in [3.05, 3.63) is 23.7 Å². The van der Waals surface area contributed by atoms with Gasteiger partial charge in [0.2, 0.25) is 0 Å². The summed E-state index contributed by atoms with van der Waals surface area (Å²) in [6.45, 7) is 5.16. The molecule has 3 N–H and O–H groups in total. The highest BCUT2D eigenvalue weighted by Crippen LogP contribution is 2.13. The number of nitrogens with one attached hydrogen (secondary N) is 1. The van der Waals surface area contributed by atoms with Gasteiger partial charge in [0.1, 0.15) is 0 Å². The van der Waals surface area contributed by atoms with E-state index >= 15 is 0 Å². The van der Waals surface area contributed by atoms with E-state index in [2.05, 4.69) is 15.2 Å². The average Bonchev–Trinajstić information content (AvgIpc) is 3.06. The Kier molecular flexibility index (Phi) is 4.95. The lowest BCUT2D eigenvalue weighted by atomic mass is 10.2. The number of amides is 1. The molecule has 2 rings (SSSR count). The second kappa shape index (κ2) is 6.70. The average molecular weight is 266 g/mol. The molecule has 1 aliphatic rings. The first-order valence-electron chi connectivity index (χ1n) is 6.69. The largest absolute Gasteiger partial charge is 0.459 e. The van der Waals surface area contributed by atoms with Gasteiger partial charge in [0.25, 0.3) is 0 Å². The highest BCUT2D eigenvalue weighted by Gasteiger charge is 2.16. The van der Waals surface area contributed by atoms with Crippen LogP contribution < -0.4 is 11.3 Å². The van der Waals surface area contributed by atoms with Gasteiger partial charge in [-0.25, -0.2) is 5.84 Å². The van der Waals surface area contributed by atoms with Crippen LogP contribution in [0.25, 0.3) is 0 Å². The third kappa shape index (κ3) is 3.79. The number of hydrogen-bond donors (Lipinski definition) is 2. The summed E-state index contributed by atoms with van der Waals surface area (Å²) >= 11 is 0. The quantitative estimate of drug-likeness (QED) is 0.443. The van der Waals surface area contributed by atoms with Gasteiger partial charge in [0.15, 0.2) is 5.76 Å². The Bertz CT molecular complexity index is 413. The molecule has 1 saturated heterocycles. The van der Waals surface area contributed by atoms with Crippen molar-refractivity contribution in [1.82, 2.24) is 15.2 Å². The second-order valence-electron chi connectivity index (χ2n) is 5.03. The number of rotatable bonds is 6. The standard InChI is InChI=1S/C13H22N4O2/c1-16(7-8-17-5-2-3-6-17)10-11-4-9-19-12(11)13(18)15-14/h4,9H,2-3,5-8,10,14H2,1H3,(H,15,18). The summed E-state index contributed by atoms with van der Waals surface area (Å²) in [7, 11) is 2.05. The summed E-state index contributed by atoms with van der Waals surface area (Å²) in [6, 6.07) is 1.82. The van der Waals surface area contributed by atoms with Crippen LogP contribution in [-0.4, -0.2) is 48.9 Å². The van der Waals surface area contributed by atoms with Crippen molar-refractivity contribution in [2.24, 2.45) is 5.84 Å². The molecular weight excluding hydrogens is 244 g/mol. The Hall–Kier alpha value is -1.37. The number of carbonyl (C=O) groups is 1. The van der Waals surface area contributed by atoms with Crippen LogP contribution in [0.3, 0.4) is 0 Å². The third-order valence-electron chi connectivity index (χ3n) is 3.52. The van der Waals surface area contributed by atoms with Crippen LogP contribution in [0.5, 0.6) is 0 Å². The molecule has 1 aromatic heterocycles. The molecule has 106 valence electrons. The van der Waals surface area contributed by atoms with Crippen LogP contribution in [-0.2, 0) is 6.54 Å². The molecule has 1 aliphatic heterocycles. The van der Waals surface area contributed by atoms with Gasteiger partial charge in [-0.15, -0.1) is 0 Å². The van der Waals surface area contributed by atoms with Crippen molar-refractivity contribution >= 4 is 5.91 Å². The summed E-state index contributed by atoms with van der Waals surface area (Å²) in [6.07, 6.45) is 4.15. The van der Waals surface area contributed by atoms with Crippen LogP contribution in [0.4, 0.5) is 0 Å². The molecule has 6 nitrogen and oxygen atoms in total. The Balaban J connectivity index is 1.82. The van der Waals surface area contributed by atoms with E-state index in [0.717, 1.165) is 18.7 Å². The normalized spacial score (nSPS) is 16.2. The molecule has 0 saturated carbocycles. The number of hydrogen-bond acceptors (Lipinski definition) is 5. The first-order valence-corrected chi connectivity index (χ1v) is 6.69. The minimum absolute atomic E-state index is 0.301. The van der Waals surface area contributed by atoms with Crippen LogP contribution in [0.1, 0.15) is 29.0 Å². The smallest absolute Gasteiger partial charge is 0.301 e. The van der Waals surface area contributed by atoms with Gasteiger partial charge in [-0.1, -0.05) is 0 Å². The highest BCUT2D eigenvalue weighted by molar-refractivity contribution is 5.92. The van der Waals surface area contributed by atoms with Gasteiger partial charge >= 0.3 is 5.91 Å². The molecule has 19 heavy (non-hydrogen) atoms. The van der Waals surface area contributed by atoms with E-state index in [1.54, 1.807) is 0 Å². The number of likely N-dealkylation sites (tertiary alicyclic amines) is 1. The maximum Gasteiger partial charge on any atom is 0.301 e. The second-order valence-corrected chi connectivity index (χ2v) is 5.03. The lowest BCUT2D eigenvalue weighted by Gasteiger charge is -2.21. The Labute approximate surface area is 113 Å². The van der Waals surface area contributed by atoms with E-state index in [1.165, 1.54) is 32.2 Å².